The van der Waals surface area contributed by atoms with Crippen LogP contribution in [0.4, 0.5) is 0 Å². The monoisotopic (exact) mass is 250 g/mol. The number of carbonyl (C=O) groups excluding carboxylic acids is 1. The van der Waals surface area contributed by atoms with Crippen molar-refractivity contribution < 1.29 is 4.79 Å². The van der Waals surface area contributed by atoms with Gasteiger partial charge in [0.15, 0.2) is 0 Å². The molecule has 1 amide bonds. The fraction of sp³-hybridized carbons (Fsp3) is 0.692. The van der Waals surface area contributed by atoms with E-state index in [2.05, 4.69) is 29.1 Å². The number of likely N-dealkylation sites (N-methyl/N-ethyl adjacent to an activating group) is 1. The lowest BCUT2D eigenvalue weighted by molar-refractivity contribution is -0.138. The van der Waals surface area contributed by atoms with E-state index in [1.165, 1.54) is 0 Å². The predicted octanol–water partition coefficient (Wildman–Crippen LogP) is 1.29. The fourth-order valence-electron chi connectivity index (χ4n) is 2.58. The molecule has 2 rings (SSSR count). The van der Waals surface area contributed by atoms with Crippen molar-refractivity contribution in [3.63, 3.8) is 0 Å². The van der Waals surface area contributed by atoms with Crippen molar-refractivity contribution in [2.24, 2.45) is 0 Å². The van der Waals surface area contributed by atoms with Crippen LogP contribution in [0.15, 0.2) is 12.4 Å². The van der Waals surface area contributed by atoms with Crippen LogP contribution < -0.4 is 5.32 Å². The first kappa shape index (κ1) is 13.1. The molecule has 100 valence electrons. The van der Waals surface area contributed by atoms with Crippen LogP contribution in [0, 0.1) is 0 Å². The van der Waals surface area contributed by atoms with Crippen LogP contribution in [0.5, 0.6) is 0 Å². The minimum Gasteiger partial charge on any atom is -0.347 e. The quantitative estimate of drug-likeness (QED) is 0.849. The number of nitrogens with one attached hydrogen (secondary N) is 2. The fourth-order valence-corrected chi connectivity index (χ4v) is 2.58. The number of hydrogen-bond donors (Lipinski definition) is 2. The van der Waals surface area contributed by atoms with E-state index >= 15 is 0 Å². The molecule has 1 aromatic heterocycles. The third-order valence-electron chi connectivity index (χ3n) is 3.79. The van der Waals surface area contributed by atoms with Gasteiger partial charge in [-0.3, -0.25) is 4.79 Å². The highest BCUT2D eigenvalue weighted by Crippen LogP contribution is 2.28. The zero-order valence-corrected chi connectivity index (χ0v) is 11.4. The molecule has 0 aliphatic carbocycles. The Morgan fingerprint density at radius 2 is 2.39 bits per heavy atom. The smallest absolute Gasteiger partial charge is 0.240 e. The standard InChI is InChI=1S/C13H22N4O/c1-13(2)6-4-5-10(14-3)12(18)17(13)9-11-15-7-8-16-11/h7-8,10,14H,4-6,9H2,1-3H3,(H,15,16). The molecule has 1 aromatic rings. The van der Waals surface area contributed by atoms with E-state index in [9.17, 15) is 4.79 Å². The van der Waals surface area contributed by atoms with Crippen LogP contribution in [-0.4, -0.2) is 39.4 Å². The molecule has 0 radical (unpaired) electrons. The number of aromatic amines is 1. The molecule has 5 nitrogen and oxygen atoms in total. The third-order valence-corrected chi connectivity index (χ3v) is 3.79. The van der Waals surface area contributed by atoms with Gasteiger partial charge in [-0.15, -0.1) is 0 Å². The molecule has 1 unspecified atom stereocenters. The second-order valence-corrected chi connectivity index (χ2v) is 5.51. The number of H-pyrrole nitrogens is 1. The summed E-state index contributed by atoms with van der Waals surface area (Å²) in [6.07, 6.45) is 6.52. The van der Waals surface area contributed by atoms with Gasteiger partial charge >= 0.3 is 0 Å². The Kier molecular flexibility index (Phi) is 3.71. The Balaban J connectivity index is 2.22. The average molecular weight is 250 g/mol. The minimum atomic E-state index is -0.116. The lowest BCUT2D eigenvalue weighted by Gasteiger charge is -2.37. The Hall–Kier alpha value is -1.36. The third kappa shape index (κ3) is 2.56. The highest BCUT2D eigenvalue weighted by atomic mass is 16.2. The molecular formula is C13H22N4O. The summed E-state index contributed by atoms with van der Waals surface area (Å²) in [7, 11) is 1.85. The first-order valence-corrected chi connectivity index (χ1v) is 6.51. The van der Waals surface area contributed by atoms with Crippen molar-refractivity contribution in [1.29, 1.82) is 0 Å². The highest BCUT2D eigenvalue weighted by Gasteiger charge is 2.37. The Morgan fingerprint density at radius 3 is 3.00 bits per heavy atom. The normalized spacial score (nSPS) is 24.1. The van der Waals surface area contributed by atoms with Gasteiger partial charge in [0.05, 0.1) is 12.6 Å². The molecule has 1 aliphatic rings. The van der Waals surface area contributed by atoms with E-state index in [0.29, 0.717) is 6.54 Å². The van der Waals surface area contributed by atoms with Crippen molar-refractivity contribution in [3.8, 4) is 0 Å². The highest BCUT2D eigenvalue weighted by molar-refractivity contribution is 5.82. The van der Waals surface area contributed by atoms with E-state index < -0.39 is 0 Å². The van der Waals surface area contributed by atoms with Gasteiger partial charge in [-0.25, -0.2) is 4.98 Å². The predicted molar refractivity (Wildman–Crippen MR) is 69.9 cm³/mol. The number of aromatic nitrogens is 2. The van der Waals surface area contributed by atoms with Crippen molar-refractivity contribution >= 4 is 5.91 Å². The Morgan fingerprint density at radius 1 is 1.61 bits per heavy atom. The van der Waals surface area contributed by atoms with Crippen LogP contribution in [0.3, 0.4) is 0 Å². The summed E-state index contributed by atoms with van der Waals surface area (Å²) in [4.78, 5) is 21.8. The summed E-state index contributed by atoms with van der Waals surface area (Å²) >= 11 is 0. The van der Waals surface area contributed by atoms with E-state index in [1.54, 1.807) is 12.4 Å². The van der Waals surface area contributed by atoms with Crippen LogP contribution >= 0.6 is 0 Å². The number of rotatable bonds is 3. The minimum absolute atomic E-state index is 0.0678. The molecule has 0 bridgehead atoms. The second kappa shape index (κ2) is 5.10. The van der Waals surface area contributed by atoms with Crippen molar-refractivity contribution in [3.05, 3.63) is 18.2 Å². The van der Waals surface area contributed by atoms with Gasteiger partial charge in [0.25, 0.3) is 0 Å². The number of likely N-dealkylation sites (tertiary alicyclic amines) is 1. The summed E-state index contributed by atoms with van der Waals surface area (Å²) in [6, 6.07) is -0.0678. The number of hydrogen-bond acceptors (Lipinski definition) is 3. The molecule has 1 fully saturated rings. The van der Waals surface area contributed by atoms with E-state index in [4.69, 9.17) is 0 Å². The van der Waals surface area contributed by atoms with Gasteiger partial charge in [0.2, 0.25) is 5.91 Å². The molecule has 0 aromatic carbocycles. The SMILES string of the molecule is CNC1CCCC(C)(C)N(Cc2ncc[nH]2)C1=O. The molecular weight excluding hydrogens is 228 g/mol. The summed E-state index contributed by atoms with van der Waals surface area (Å²) in [5, 5.41) is 3.12. The van der Waals surface area contributed by atoms with E-state index in [-0.39, 0.29) is 17.5 Å². The van der Waals surface area contributed by atoms with Gasteiger partial charge in [0, 0.05) is 17.9 Å². The van der Waals surface area contributed by atoms with Crippen molar-refractivity contribution in [2.45, 2.75) is 51.2 Å². The van der Waals surface area contributed by atoms with E-state index in [0.717, 1.165) is 25.1 Å². The van der Waals surface area contributed by atoms with Gasteiger partial charge in [-0.1, -0.05) is 0 Å². The first-order chi connectivity index (χ1) is 8.54. The van der Waals surface area contributed by atoms with Gasteiger partial charge < -0.3 is 15.2 Å². The lowest BCUT2D eigenvalue weighted by atomic mass is 9.97. The van der Waals surface area contributed by atoms with Crippen LogP contribution in [0.2, 0.25) is 0 Å². The van der Waals surface area contributed by atoms with Gasteiger partial charge in [0.1, 0.15) is 5.82 Å². The van der Waals surface area contributed by atoms with Gasteiger partial charge in [-0.2, -0.15) is 0 Å². The summed E-state index contributed by atoms with van der Waals surface area (Å²) in [5.41, 5.74) is -0.116. The summed E-state index contributed by atoms with van der Waals surface area (Å²) in [5.74, 6) is 1.02. The zero-order chi connectivity index (χ0) is 13.2. The molecule has 0 spiro atoms. The number of amides is 1. The molecule has 5 heteroatoms. The molecule has 2 N–H and O–H groups in total. The maximum atomic E-state index is 12.5. The molecule has 18 heavy (non-hydrogen) atoms. The van der Waals surface area contributed by atoms with Gasteiger partial charge in [-0.05, 0) is 40.2 Å². The lowest BCUT2D eigenvalue weighted by Crippen LogP contribution is -2.51. The number of nitrogens with zero attached hydrogens (tertiary/aromatic N) is 2. The first-order valence-electron chi connectivity index (χ1n) is 6.51. The maximum Gasteiger partial charge on any atom is 0.240 e. The topological polar surface area (TPSA) is 61.0 Å². The second-order valence-electron chi connectivity index (χ2n) is 5.51. The van der Waals surface area contributed by atoms with Crippen molar-refractivity contribution in [1.82, 2.24) is 20.2 Å². The largest absolute Gasteiger partial charge is 0.347 e. The maximum absolute atomic E-state index is 12.5. The molecule has 1 aliphatic heterocycles. The number of carbonyl (C=O) groups is 1. The van der Waals surface area contributed by atoms with Crippen LogP contribution in [-0.2, 0) is 11.3 Å². The molecule has 1 atom stereocenters. The number of imidazole rings is 1. The van der Waals surface area contributed by atoms with Crippen LogP contribution in [0.1, 0.15) is 38.9 Å². The van der Waals surface area contributed by atoms with E-state index in [1.807, 2.05) is 11.9 Å². The zero-order valence-electron chi connectivity index (χ0n) is 11.4. The Labute approximate surface area is 108 Å². The molecule has 1 saturated heterocycles. The van der Waals surface area contributed by atoms with Crippen LogP contribution in [0.25, 0.3) is 0 Å². The summed E-state index contributed by atoms with van der Waals surface area (Å²) in [6.45, 7) is 4.81. The molecule has 0 saturated carbocycles. The molecule has 2 heterocycles. The van der Waals surface area contributed by atoms with Crippen molar-refractivity contribution in [2.75, 3.05) is 7.05 Å². The summed E-state index contributed by atoms with van der Waals surface area (Å²) < 4.78 is 0. The average Bonchev–Trinajstić information content (AvgIpc) is 2.80. The Bertz CT molecular complexity index is 399.